The van der Waals surface area contributed by atoms with Gasteiger partial charge in [0.2, 0.25) is 0 Å². The minimum Gasteiger partial charge on any atom is -0.314 e. The van der Waals surface area contributed by atoms with Gasteiger partial charge < -0.3 is 10.6 Å². The molecule has 1 unspecified atom stereocenters. The first-order chi connectivity index (χ1) is 5.43. The lowest BCUT2D eigenvalue weighted by molar-refractivity contribution is 0.421. The summed E-state index contributed by atoms with van der Waals surface area (Å²) < 4.78 is 0. The van der Waals surface area contributed by atoms with Crippen LogP contribution in [0.25, 0.3) is 0 Å². The van der Waals surface area contributed by atoms with Crippen LogP contribution in [0.5, 0.6) is 0 Å². The molecule has 0 aromatic heterocycles. The van der Waals surface area contributed by atoms with Gasteiger partial charge in [-0.1, -0.05) is 19.9 Å². The molecule has 1 aliphatic heterocycles. The third-order valence-electron chi connectivity index (χ3n) is 1.58. The third kappa shape index (κ3) is 4.99. The molecule has 1 heterocycles. The fourth-order valence-electron chi connectivity index (χ4n) is 1.08. The SMILES string of the molecule is C=CCC1CNCCN1.CC. The van der Waals surface area contributed by atoms with Gasteiger partial charge in [0, 0.05) is 25.7 Å². The zero-order chi connectivity index (χ0) is 8.53. The molecule has 0 saturated carbocycles. The Balaban J connectivity index is 0.000000461. The van der Waals surface area contributed by atoms with Crippen LogP contribution >= 0.6 is 0 Å². The highest BCUT2D eigenvalue weighted by molar-refractivity contribution is 4.82. The molecule has 1 fully saturated rings. The van der Waals surface area contributed by atoms with Gasteiger partial charge in [0.1, 0.15) is 0 Å². The van der Waals surface area contributed by atoms with Crippen LogP contribution in [0.3, 0.4) is 0 Å². The molecule has 1 aliphatic rings. The van der Waals surface area contributed by atoms with Crippen molar-refractivity contribution < 1.29 is 0 Å². The number of piperazine rings is 1. The van der Waals surface area contributed by atoms with Gasteiger partial charge in [-0.25, -0.2) is 0 Å². The lowest BCUT2D eigenvalue weighted by atomic mass is 10.2. The molecular formula is C9H20N2. The lowest BCUT2D eigenvalue weighted by Gasteiger charge is -2.22. The monoisotopic (exact) mass is 156 g/mol. The topological polar surface area (TPSA) is 24.1 Å². The molecule has 1 atom stereocenters. The van der Waals surface area contributed by atoms with Gasteiger partial charge in [0.05, 0.1) is 0 Å². The molecule has 0 aliphatic carbocycles. The predicted octanol–water partition coefficient (Wildman–Crippen LogP) is 1.15. The van der Waals surface area contributed by atoms with E-state index in [9.17, 15) is 0 Å². The highest BCUT2D eigenvalue weighted by Gasteiger charge is 2.08. The minimum atomic E-state index is 0.622. The van der Waals surface area contributed by atoms with Crippen molar-refractivity contribution in [3.05, 3.63) is 12.7 Å². The van der Waals surface area contributed by atoms with Crippen molar-refractivity contribution in [1.29, 1.82) is 0 Å². The summed E-state index contributed by atoms with van der Waals surface area (Å²) >= 11 is 0. The summed E-state index contributed by atoms with van der Waals surface area (Å²) in [6, 6.07) is 0.622. The Bertz CT molecular complexity index is 85.6. The van der Waals surface area contributed by atoms with Crippen molar-refractivity contribution in [2.75, 3.05) is 19.6 Å². The highest BCUT2D eigenvalue weighted by atomic mass is 15.0. The van der Waals surface area contributed by atoms with Gasteiger partial charge in [0.25, 0.3) is 0 Å². The van der Waals surface area contributed by atoms with E-state index in [2.05, 4.69) is 17.2 Å². The Labute approximate surface area is 70.1 Å². The molecule has 0 radical (unpaired) electrons. The van der Waals surface area contributed by atoms with Crippen molar-refractivity contribution in [2.45, 2.75) is 26.3 Å². The molecule has 0 amide bonds. The van der Waals surface area contributed by atoms with Crippen LogP contribution in [-0.2, 0) is 0 Å². The van der Waals surface area contributed by atoms with E-state index in [0.29, 0.717) is 6.04 Å². The predicted molar refractivity (Wildman–Crippen MR) is 50.8 cm³/mol. The fourth-order valence-corrected chi connectivity index (χ4v) is 1.08. The van der Waals surface area contributed by atoms with E-state index < -0.39 is 0 Å². The van der Waals surface area contributed by atoms with Gasteiger partial charge in [-0.15, -0.1) is 6.58 Å². The van der Waals surface area contributed by atoms with Gasteiger partial charge in [-0.2, -0.15) is 0 Å². The van der Waals surface area contributed by atoms with Gasteiger partial charge in [-0.05, 0) is 6.42 Å². The summed E-state index contributed by atoms with van der Waals surface area (Å²) in [5.41, 5.74) is 0. The third-order valence-corrected chi connectivity index (χ3v) is 1.58. The normalized spacial score (nSPS) is 23.3. The van der Waals surface area contributed by atoms with Crippen molar-refractivity contribution in [3.8, 4) is 0 Å². The molecule has 0 aromatic carbocycles. The molecule has 2 nitrogen and oxygen atoms in total. The molecule has 0 bridgehead atoms. The molecule has 66 valence electrons. The second kappa shape index (κ2) is 7.76. The Hall–Kier alpha value is -0.340. The Kier molecular flexibility index (Phi) is 7.52. The molecule has 2 heteroatoms. The number of nitrogens with one attached hydrogen (secondary N) is 2. The van der Waals surface area contributed by atoms with E-state index >= 15 is 0 Å². The maximum Gasteiger partial charge on any atom is 0.0227 e. The molecule has 2 N–H and O–H groups in total. The summed E-state index contributed by atoms with van der Waals surface area (Å²) in [4.78, 5) is 0. The smallest absolute Gasteiger partial charge is 0.0227 e. The van der Waals surface area contributed by atoms with E-state index in [1.54, 1.807) is 0 Å². The Morgan fingerprint density at radius 2 is 2.18 bits per heavy atom. The summed E-state index contributed by atoms with van der Waals surface area (Å²) in [7, 11) is 0. The largest absolute Gasteiger partial charge is 0.314 e. The molecule has 1 rings (SSSR count). The van der Waals surface area contributed by atoms with E-state index in [0.717, 1.165) is 26.1 Å². The second-order valence-electron chi connectivity index (χ2n) is 2.38. The lowest BCUT2D eigenvalue weighted by Crippen LogP contribution is -2.47. The molecule has 11 heavy (non-hydrogen) atoms. The van der Waals surface area contributed by atoms with Crippen LogP contribution in [0.2, 0.25) is 0 Å². The fraction of sp³-hybridized carbons (Fsp3) is 0.778. The molecule has 0 spiro atoms. The maximum atomic E-state index is 3.69. The van der Waals surface area contributed by atoms with E-state index in [1.165, 1.54) is 0 Å². The summed E-state index contributed by atoms with van der Waals surface area (Å²) in [5, 5.41) is 6.70. The molecule has 0 aromatic rings. The quantitative estimate of drug-likeness (QED) is 0.586. The van der Waals surface area contributed by atoms with Crippen molar-refractivity contribution in [1.82, 2.24) is 10.6 Å². The van der Waals surface area contributed by atoms with Crippen molar-refractivity contribution >= 4 is 0 Å². The van der Waals surface area contributed by atoms with Crippen LogP contribution in [0, 0.1) is 0 Å². The first-order valence-electron chi connectivity index (χ1n) is 4.48. The van der Waals surface area contributed by atoms with Crippen molar-refractivity contribution in [3.63, 3.8) is 0 Å². The van der Waals surface area contributed by atoms with Crippen molar-refractivity contribution in [2.24, 2.45) is 0 Å². The maximum absolute atomic E-state index is 3.69. The van der Waals surface area contributed by atoms with E-state index in [-0.39, 0.29) is 0 Å². The van der Waals surface area contributed by atoms with Crippen LogP contribution in [0.4, 0.5) is 0 Å². The average Bonchev–Trinajstić information content (AvgIpc) is 2.11. The standard InChI is InChI=1S/C7H14N2.C2H6/c1-2-3-7-6-8-4-5-9-7;1-2/h2,7-9H,1,3-6H2;1-2H3. The van der Waals surface area contributed by atoms with Gasteiger partial charge in [0.15, 0.2) is 0 Å². The molecular weight excluding hydrogens is 136 g/mol. The Morgan fingerprint density at radius 1 is 1.45 bits per heavy atom. The minimum absolute atomic E-state index is 0.622. The van der Waals surface area contributed by atoms with Crippen LogP contribution in [-0.4, -0.2) is 25.7 Å². The van der Waals surface area contributed by atoms with Crippen LogP contribution in [0.15, 0.2) is 12.7 Å². The van der Waals surface area contributed by atoms with Crippen LogP contribution < -0.4 is 10.6 Å². The molecule has 1 saturated heterocycles. The zero-order valence-electron chi connectivity index (χ0n) is 7.69. The number of hydrogen-bond acceptors (Lipinski definition) is 2. The highest BCUT2D eigenvalue weighted by Crippen LogP contribution is 1.92. The average molecular weight is 156 g/mol. The Morgan fingerprint density at radius 3 is 2.64 bits per heavy atom. The summed E-state index contributed by atoms with van der Waals surface area (Å²) in [6.07, 6.45) is 3.04. The zero-order valence-corrected chi connectivity index (χ0v) is 7.69. The second-order valence-corrected chi connectivity index (χ2v) is 2.38. The summed E-state index contributed by atoms with van der Waals surface area (Å²) in [5.74, 6) is 0. The van der Waals surface area contributed by atoms with E-state index in [1.807, 2.05) is 19.9 Å². The van der Waals surface area contributed by atoms with Gasteiger partial charge in [-0.3, -0.25) is 0 Å². The van der Waals surface area contributed by atoms with Crippen LogP contribution in [0.1, 0.15) is 20.3 Å². The first-order valence-corrected chi connectivity index (χ1v) is 4.48. The van der Waals surface area contributed by atoms with E-state index in [4.69, 9.17) is 0 Å². The first kappa shape index (κ1) is 10.7. The number of rotatable bonds is 2. The summed E-state index contributed by atoms with van der Waals surface area (Å²) in [6.45, 7) is 11.0. The van der Waals surface area contributed by atoms with Gasteiger partial charge >= 0.3 is 0 Å². The number of hydrogen-bond donors (Lipinski definition) is 2.